The molecule has 0 fully saturated rings. The molecule has 0 aliphatic carbocycles. The Hall–Kier alpha value is -3.49. The largest absolute Gasteiger partial charge is 0.460 e. The lowest BCUT2D eigenvalue weighted by molar-refractivity contribution is 0.0487. The smallest absolute Gasteiger partial charge is 0.374 e. The van der Waals surface area contributed by atoms with Crippen molar-refractivity contribution in [1.82, 2.24) is 9.97 Å². The van der Waals surface area contributed by atoms with Crippen LogP contribution in [0, 0.1) is 0 Å². The van der Waals surface area contributed by atoms with Crippen LogP contribution in [0.3, 0.4) is 0 Å². The molecule has 3 aromatic rings. The van der Waals surface area contributed by atoms with Crippen molar-refractivity contribution in [3.8, 4) is 0 Å². The molecular weight excluding hydrogens is 344 g/mol. The topological polar surface area (TPSA) is 129 Å². The fraction of sp³-hybridized carbons (Fsp3) is 0.235. The number of carbonyl (C=O) groups is 2. The lowest BCUT2D eigenvalue weighted by Crippen LogP contribution is -2.18. The highest BCUT2D eigenvalue weighted by atomic mass is 16.5. The summed E-state index contributed by atoms with van der Waals surface area (Å²) in [4.78, 5) is 54.3. The van der Waals surface area contributed by atoms with Crippen LogP contribution in [0.5, 0.6) is 0 Å². The Labute approximate surface area is 145 Å². The molecular formula is C17H14N2O7. The van der Waals surface area contributed by atoms with E-state index in [9.17, 15) is 19.2 Å². The molecule has 0 saturated heterocycles. The molecule has 0 aliphatic rings. The molecule has 2 heterocycles. The summed E-state index contributed by atoms with van der Waals surface area (Å²) in [5, 5.41) is 0.198. The van der Waals surface area contributed by atoms with E-state index in [-0.39, 0.29) is 46.7 Å². The predicted octanol–water partition coefficient (Wildman–Crippen LogP) is 1.38. The van der Waals surface area contributed by atoms with Crippen molar-refractivity contribution in [2.24, 2.45) is 0 Å². The van der Waals surface area contributed by atoms with Crippen molar-refractivity contribution >= 4 is 33.8 Å². The molecule has 0 saturated carbocycles. The van der Waals surface area contributed by atoms with Crippen LogP contribution >= 0.6 is 0 Å². The number of nitrogens with zero attached hydrogens (tertiary/aromatic N) is 1. The van der Waals surface area contributed by atoms with Crippen LogP contribution in [0.1, 0.15) is 35.0 Å². The molecule has 0 atom stereocenters. The van der Waals surface area contributed by atoms with E-state index in [1.54, 1.807) is 13.8 Å². The number of hydrogen-bond acceptors (Lipinski definition) is 8. The molecule has 26 heavy (non-hydrogen) atoms. The minimum atomic E-state index is -0.784. The Morgan fingerprint density at radius 1 is 1.04 bits per heavy atom. The van der Waals surface area contributed by atoms with Crippen LogP contribution in [-0.4, -0.2) is 35.1 Å². The molecule has 0 aliphatic heterocycles. The molecule has 2 aromatic heterocycles. The van der Waals surface area contributed by atoms with E-state index in [0.29, 0.717) is 0 Å². The third kappa shape index (κ3) is 3.06. The van der Waals surface area contributed by atoms with Gasteiger partial charge in [-0.05, 0) is 19.9 Å². The fourth-order valence-corrected chi connectivity index (χ4v) is 2.40. The molecule has 1 N–H and O–H groups in total. The Bertz CT molecular complexity index is 1060. The average Bonchev–Trinajstić information content (AvgIpc) is 2.60. The molecule has 3 rings (SSSR count). The Kier molecular flexibility index (Phi) is 4.53. The van der Waals surface area contributed by atoms with Crippen LogP contribution in [0.15, 0.2) is 32.2 Å². The summed E-state index contributed by atoms with van der Waals surface area (Å²) >= 11 is 0. The summed E-state index contributed by atoms with van der Waals surface area (Å²) in [5.41, 5.74) is -0.933. The van der Waals surface area contributed by atoms with Crippen molar-refractivity contribution in [3.63, 3.8) is 0 Å². The molecule has 0 radical (unpaired) electrons. The van der Waals surface area contributed by atoms with Crippen molar-refractivity contribution < 1.29 is 23.5 Å². The van der Waals surface area contributed by atoms with Gasteiger partial charge in [0.1, 0.15) is 5.58 Å². The van der Waals surface area contributed by atoms with Crippen molar-refractivity contribution in [2.75, 3.05) is 13.2 Å². The van der Waals surface area contributed by atoms with Gasteiger partial charge in [0.05, 0.1) is 29.5 Å². The predicted molar refractivity (Wildman–Crippen MR) is 90.3 cm³/mol. The van der Waals surface area contributed by atoms with Gasteiger partial charge >= 0.3 is 11.9 Å². The Morgan fingerprint density at radius 3 is 2.42 bits per heavy atom. The minimum absolute atomic E-state index is 0.0599. The number of esters is 2. The highest BCUT2D eigenvalue weighted by Gasteiger charge is 2.17. The van der Waals surface area contributed by atoms with E-state index in [2.05, 4.69) is 9.97 Å². The van der Waals surface area contributed by atoms with Gasteiger partial charge in [-0.2, -0.15) is 4.98 Å². The van der Waals surface area contributed by atoms with Crippen LogP contribution in [0.2, 0.25) is 0 Å². The zero-order chi connectivity index (χ0) is 18.8. The SMILES string of the molecule is CCOC(=O)c1nc(=O)c2cc3c(=O)cc(C(=O)OCC)oc3cc2[nH]1. The van der Waals surface area contributed by atoms with Gasteiger partial charge in [-0.1, -0.05) is 0 Å². The van der Waals surface area contributed by atoms with Gasteiger partial charge in [0, 0.05) is 12.1 Å². The van der Waals surface area contributed by atoms with Gasteiger partial charge in [0.2, 0.25) is 11.6 Å². The standard InChI is InChI=1S/C17H14N2O7/c1-3-24-16(22)13-7-11(20)9-5-8-10(6-12(9)26-13)18-14(19-15(8)21)17(23)25-4-2/h5-7H,3-4H2,1-2H3,(H,18,19,21). The van der Waals surface area contributed by atoms with E-state index in [0.717, 1.165) is 6.07 Å². The Balaban J connectivity index is 2.24. The maximum atomic E-state index is 12.2. The molecule has 1 aromatic carbocycles. The highest BCUT2D eigenvalue weighted by molar-refractivity contribution is 5.96. The van der Waals surface area contributed by atoms with Crippen molar-refractivity contribution in [2.45, 2.75) is 13.8 Å². The van der Waals surface area contributed by atoms with E-state index in [1.165, 1.54) is 12.1 Å². The lowest BCUT2D eigenvalue weighted by Gasteiger charge is -2.06. The molecule has 0 bridgehead atoms. The summed E-state index contributed by atoms with van der Waals surface area (Å²) in [6.45, 7) is 3.49. The van der Waals surface area contributed by atoms with E-state index in [4.69, 9.17) is 13.9 Å². The molecule has 0 unspecified atom stereocenters. The fourth-order valence-electron chi connectivity index (χ4n) is 2.40. The third-order valence-corrected chi connectivity index (χ3v) is 3.51. The second-order valence-corrected chi connectivity index (χ2v) is 5.20. The normalized spacial score (nSPS) is 10.8. The van der Waals surface area contributed by atoms with Gasteiger partial charge in [-0.25, -0.2) is 9.59 Å². The first-order valence-electron chi connectivity index (χ1n) is 7.80. The first-order valence-corrected chi connectivity index (χ1v) is 7.80. The first-order chi connectivity index (χ1) is 12.4. The number of aromatic nitrogens is 2. The number of hydrogen-bond donors (Lipinski definition) is 1. The zero-order valence-electron chi connectivity index (χ0n) is 14.0. The Morgan fingerprint density at radius 2 is 1.73 bits per heavy atom. The summed E-state index contributed by atoms with van der Waals surface area (Å²) in [7, 11) is 0. The maximum absolute atomic E-state index is 12.2. The quantitative estimate of drug-likeness (QED) is 0.547. The number of nitrogens with one attached hydrogen (secondary N) is 1. The van der Waals surface area contributed by atoms with Gasteiger partial charge in [0.25, 0.3) is 5.56 Å². The molecule has 134 valence electrons. The van der Waals surface area contributed by atoms with Crippen LogP contribution in [-0.2, 0) is 9.47 Å². The highest BCUT2D eigenvalue weighted by Crippen LogP contribution is 2.19. The molecule has 0 amide bonds. The zero-order valence-corrected chi connectivity index (χ0v) is 14.0. The van der Waals surface area contributed by atoms with E-state index in [1.807, 2.05) is 0 Å². The van der Waals surface area contributed by atoms with Crippen LogP contribution in [0.25, 0.3) is 21.9 Å². The molecule has 9 heteroatoms. The van der Waals surface area contributed by atoms with E-state index < -0.39 is 22.9 Å². The second-order valence-electron chi connectivity index (χ2n) is 5.20. The minimum Gasteiger partial charge on any atom is -0.460 e. The summed E-state index contributed by atoms with van der Waals surface area (Å²) in [6.07, 6.45) is 0. The van der Waals surface area contributed by atoms with Gasteiger partial charge in [0.15, 0.2) is 5.43 Å². The summed E-state index contributed by atoms with van der Waals surface area (Å²) in [5.74, 6) is -2.09. The number of ether oxygens (including phenoxy) is 2. The molecule has 0 spiro atoms. The number of carbonyl (C=O) groups excluding carboxylic acids is 2. The molecule has 9 nitrogen and oxygen atoms in total. The number of aromatic amines is 1. The number of H-pyrrole nitrogens is 1. The van der Waals surface area contributed by atoms with Crippen LogP contribution in [0.4, 0.5) is 0 Å². The number of fused-ring (bicyclic) bond motifs is 2. The van der Waals surface area contributed by atoms with Crippen molar-refractivity contribution in [3.05, 3.63) is 50.4 Å². The monoisotopic (exact) mass is 358 g/mol. The number of rotatable bonds is 4. The summed E-state index contributed by atoms with van der Waals surface area (Å²) < 4.78 is 15.0. The second kappa shape index (κ2) is 6.79. The van der Waals surface area contributed by atoms with Crippen LogP contribution < -0.4 is 11.0 Å². The third-order valence-electron chi connectivity index (χ3n) is 3.51. The first kappa shape index (κ1) is 17.3. The van der Waals surface area contributed by atoms with Crippen molar-refractivity contribution in [1.29, 1.82) is 0 Å². The average molecular weight is 358 g/mol. The maximum Gasteiger partial charge on any atom is 0.374 e. The summed E-state index contributed by atoms with van der Waals surface area (Å²) in [6, 6.07) is 3.65. The van der Waals surface area contributed by atoms with Gasteiger partial charge < -0.3 is 18.9 Å². The van der Waals surface area contributed by atoms with Gasteiger partial charge in [-0.3, -0.25) is 9.59 Å². The lowest BCUT2D eigenvalue weighted by atomic mass is 10.1. The van der Waals surface area contributed by atoms with E-state index >= 15 is 0 Å². The number of benzene rings is 1. The van der Waals surface area contributed by atoms with Gasteiger partial charge in [-0.15, -0.1) is 0 Å².